The first kappa shape index (κ1) is 21.0. The van der Waals surface area contributed by atoms with Crippen molar-refractivity contribution in [1.29, 1.82) is 0 Å². The molecule has 30 heavy (non-hydrogen) atoms. The van der Waals surface area contributed by atoms with E-state index in [1.54, 1.807) is 0 Å². The van der Waals surface area contributed by atoms with Gasteiger partial charge in [-0.1, -0.05) is 30.6 Å². The fraction of sp³-hybridized carbons (Fsp3) is 0.550. The number of fused-ring (bicyclic) bond motifs is 1. The van der Waals surface area contributed by atoms with E-state index in [2.05, 4.69) is 9.88 Å². The molecule has 1 aromatic carbocycles. The predicted octanol–water partition coefficient (Wildman–Crippen LogP) is 3.83. The molecule has 1 aliphatic heterocycles. The molecular formula is C20H22F3N3O3S. The van der Waals surface area contributed by atoms with Gasteiger partial charge in [0.1, 0.15) is 0 Å². The first-order valence-electron chi connectivity index (χ1n) is 10.0. The van der Waals surface area contributed by atoms with Crippen molar-refractivity contribution in [2.24, 2.45) is 0 Å². The molecule has 1 saturated carbocycles. The lowest BCUT2D eigenvalue weighted by atomic mass is 9.94. The lowest BCUT2D eigenvalue weighted by molar-refractivity contribution is -0.137. The van der Waals surface area contributed by atoms with Crippen LogP contribution >= 0.6 is 11.3 Å². The van der Waals surface area contributed by atoms with Gasteiger partial charge in [0.15, 0.2) is 5.13 Å². The first-order valence-corrected chi connectivity index (χ1v) is 10.8. The zero-order chi connectivity index (χ0) is 21.5. The molecule has 2 heterocycles. The lowest BCUT2D eigenvalue weighted by Gasteiger charge is -2.40. The first-order chi connectivity index (χ1) is 14.2. The van der Waals surface area contributed by atoms with Gasteiger partial charge < -0.3 is 10.0 Å². The van der Waals surface area contributed by atoms with E-state index < -0.39 is 28.8 Å². The molecule has 4 rings (SSSR count). The van der Waals surface area contributed by atoms with Crippen LogP contribution in [-0.2, 0) is 6.18 Å². The maximum atomic E-state index is 13.1. The standard InChI is InChI=1S/C20H22F3N3O3S/c21-20(22,23)12-10-14-16(15(11-12)18(28)29)30-19(24-17(14)27)26-8-6-25(7-9-26)13-4-2-1-3-5-13/h10-11,13H,1-9H2,(H,28,29). The summed E-state index contributed by atoms with van der Waals surface area (Å²) in [6.07, 6.45) is 1.43. The topological polar surface area (TPSA) is 73.7 Å². The van der Waals surface area contributed by atoms with Gasteiger partial charge in [-0.05, 0) is 25.0 Å². The number of hydrogen-bond acceptors (Lipinski definition) is 6. The van der Waals surface area contributed by atoms with Gasteiger partial charge in [-0.3, -0.25) is 9.69 Å². The van der Waals surface area contributed by atoms with Gasteiger partial charge in [-0.15, -0.1) is 0 Å². The highest BCUT2D eigenvalue weighted by atomic mass is 32.1. The van der Waals surface area contributed by atoms with E-state index in [0.29, 0.717) is 36.4 Å². The normalized spacial score (nSPS) is 19.4. The van der Waals surface area contributed by atoms with Crippen molar-refractivity contribution in [3.05, 3.63) is 33.6 Å². The van der Waals surface area contributed by atoms with E-state index >= 15 is 0 Å². The second-order valence-electron chi connectivity index (χ2n) is 7.82. The number of nitrogens with zero attached hydrogens (tertiary/aromatic N) is 3. The fourth-order valence-corrected chi connectivity index (χ4v) is 5.48. The number of hydrogen-bond donors (Lipinski definition) is 1. The Kier molecular flexibility index (Phi) is 5.71. The molecule has 0 atom stereocenters. The van der Waals surface area contributed by atoms with Crippen molar-refractivity contribution in [3.8, 4) is 0 Å². The van der Waals surface area contributed by atoms with Crippen molar-refractivity contribution in [3.63, 3.8) is 0 Å². The molecule has 1 aliphatic carbocycles. The van der Waals surface area contributed by atoms with Crippen molar-refractivity contribution in [2.45, 2.75) is 44.3 Å². The minimum atomic E-state index is -4.75. The van der Waals surface area contributed by atoms with Crippen LogP contribution in [0.4, 0.5) is 18.3 Å². The Morgan fingerprint density at radius 2 is 1.77 bits per heavy atom. The average Bonchev–Trinajstić information content (AvgIpc) is 2.73. The number of piperazine rings is 1. The molecule has 1 aromatic heterocycles. The van der Waals surface area contributed by atoms with Gasteiger partial charge in [-0.2, -0.15) is 18.2 Å². The van der Waals surface area contributed by atoms with E-state index in [1.165, 1.54) is 32.1 Å². The van der Waals surface area contributed by atoms with Crippen LogP contribution in [0.25, 0.3) is 10.1 Å². The zero-order valence-electron chi connectivity index (χ0n) is 16.2. The number of alkyl halides is 3. The molecule has 0 unspecified atom stereocenters. The molecule has 1 N–H and O–H groups in total. The van der Waals surface area contributed by atoms with Crippen LogP contribution in [0.3, 0.4) is 0 Å². The van der Waals surface area contributed by atoms with Crippen LogP contribution in [0.15, 0.2) is 16.9 Å². The molecule has 6 nitrogen and oxygen atoms in total. The van der Waals surface area contributed by atoms with Crippen molar-refractivity contribution in [1.82, 2.24) is 9.88 Å². The summed E-state index contributed by atoms with van der Waals surface area (Å²) in [7, 11) is 0. The summed E-state index contributed by atoms with van der Waals surface area (Å²) >= 11 is 0.967. The number of rotatable bonds is 3. The molecule has 0 spiro atoms. The minimum absolute atomic E-state index is 0.0280. The molecule has 2 fully saturated rings. The van der Waals surface area contributed by atoms with Crippen LogP contribution in [0.1, 0.15) is 48.0 Å². The third-order valence-corrected chi connectivity index (χ3v) is 7.12. The lowest BCUT2D eigenvalue weighted by Crippen LogP contribution is -2.51. The molecule has 162 valence electrons. The van der Waals surface area contributed by atoms with Gasteiger partial charge in [0.25, 0.3) is 5.56 Å². The van der Waals surface area contributed by atoms with E-state index in [1.807, 2.05) is 4.90 Å². The van der Waals surface area contributed by atoms with Crippen LogP contribution in [0.2, 0.25) is 0 Å². The molecule has 2 aromatic rings. The summed E-state index contributed by atoms with van der Waals surface area (Å²) in [5.41, 5.74) is -2.51. The average molecular weight is 441 g/mol. The van der Waals surface area contributed by atoms with E-state index in [4.69, 9.17) is 0 Å². The highest BCUT2D eigenvalue weighted by molar-refractivity contribution is 7.22. The summed E-state index contributed by atoms with van der Waals surface area (Å²) in [4.78, 5) is 32.5. The number of anilines is 1. The van der Waals surface area contributed by atoms with Crippen molar-refractivity contribution < 1.29 is 23.1 Å². The number of benzene rings is 1. The third kappa shape index (κ3) is 4.15. The Morgan fingerprint density at radius 1 is 1.10 bits per heavy atom. The second-order valence-corrected chi connectivity index (χ2v) is 8.80. The summed E-state index contributed by atoms with van der Waals surface area (Å²) < 4.78 is 39.4. The van der Waals surface area contributed by atoms with Gasteiger partial charge in [0.05, 0.1) is 21.2 Å². The second kappa shape index (κ2) is 8.14. The highest BCUT2D eigenvalue weighted by Gasteiger charge is 2.33. The Balaban J connectivity index is 1.64. The van der Waals surface area contributed by atoms with Gasteiger partial charge >= 0.3 is 12.1 Å². The van der Waals surface area contributed by atoms with Gasteiger partial charge in [0, 0.05) is 32.2 Å². The number of carbonyl (C=O) groups is 1. The number of carboxylic acids is 1. The smallest absolute Gasteiger partial charge is 0.416 e. The summed E-state index contributed by atoms with van der Waals surface area (Å²) in [5.74, 6) is -1.50. The quantitative estimate of drug-likeness (QED) is 0.781. The largest absolute Gasteiger partial charge is 0.478 e. The van der Waals surface area contributed by atoms with Crippen molar-refractivity contribution >= 4 is 32.5 Å². The maximum absolute atomic E-state index is 13.1. The number of aromatic carboxylic acids is 1. The van der Waals surface area contributed by atoms with E-state index in [9.17, 15) is 27.9 Å². The molecule has 0 bridgehead atoms. The molecule has 1 saturated heterocycles. The maximum Gasteiger partial charge on any atom is 0.416 e. The summed E-state index contributed by atoms with van der Waals surface area (Å²) in [6, 6.07) is 1.87. The molecular weight excluding hydrogens is 419 g/mol. The van der Waals surface area contributed by atoms with Crippen LogP contribution in [0.5, 0.6) is 0 Å². The number of halogens is 3. The fourth-order valence-electron chi connectivity index (χ4n) is 4.34. The van der Waals surface area contributed by atoms with E-state index in [0.717, 1.165) is 24.4 Å². The summed E-state index contributed by atoms with van der Waals surface area (Å²) in [5, 5.41) is 9.49. The molecule has 10 heteroatoms. The Labute approximate surface area is 174 Å². The number of aromatic nitrogens is 1. The predicted molar refractivity (Wildman–Crippen MR) is 109 cm³/mol. The van der Waals surface area contributed by atoms with Gasteiger partial charge in [0.2, 0.25) is 0 Å². The van der Waals surface area contributed by atoms with Gasteiger partial charge in [-0.25, -0.2) is 4.79 Å². The molecule has 0 amide bonds. The van der Waals surface area contributed by atoms with Crippen LogP contribution in [-0.4, -0.2) is 53.2 Å². The Bertz CT molecular complexity index is 1010. The molecule has 0 radical (unpaired) electrons. The minimum Gasteiger partial charge on any atom is -0.478 e. The molecule has 2 aliphatic rings. The monoisotopic (exact) mass is 441 g/mol. The van der Waals surface area contributed by atoms with Crippen molar-refractivity contribution in [2.75, 3.05) is 31.1 Å². The van der Waals surface area contributed by atoms with Crippen LogP contribution in [0, 0.1) is 0 Å². The zero-order valence-corrected chi connectivity index (χ0v) is 17.1. The SMILES string of the molecule is O=C(O)c1cc(C(F)(F)F)cc2c(=O)nc(N3CCN(C4CCCCC4)CC3)sc12. The third-order valence-electron chi connectivity index (χ3n) is 5.94. The Hall–Kier alpha value is -2.20. The van der Waals surface area contributed by atoms with Crippen LogP contribution < -0.4 is 10.5 Å². The highest BCUT2D eigenvalue weighted by Crippen LogP contribution is 2.35. The number of carboxylic acid groups (broad SMARTS) is 1. The Morgan fingerprint density at radius 3 is 2.37 bits per heavy atom. The summed E-state index contributed by atoms with van der Waals surface area (Å²) in [6.45, 7) is 2.94. The van der Waals surface area contributed by atoms with E-state index in [-0.39, 0.29) is 10.1 Å².